The van der Waals surface area contributed by atoms with Crippen LogP contribution < -0.4 is 0 Å². The molecule has 0 fully saturated rings. The van der Waals surface area contributed by atoms with Crippen molar-refractivity contribution in [2.45, 2.75) is 14.9 Å². The van der Waals surface area contributed by atoms with E-state index in [2.05, 4.69) is 0 Å². The molecule has 0 heterocycles. The number of hydrogen-bond donors (Lipinski definition) is 0. The molecule has 0 rings (SSSR count). The Morgan fingerprint density at radius 3 is 0.800 bits per heavy atom. The van der Waals surface area contributed by atoms with Crippen molar-refractivity contribution in [2.75, 3.05) is 0 Å². The van der Waals surface area contributed by atoms with Gasteiger partial charge < -0.3 is 2.85 Å². The van der Waals surface area contributed by atoms with Gasteiger partial charge in [0, 0.05) is 34.1 Å². The van der Waals surface area contributed by atoms with Gasteiger partial charge in [-0.1, -0.05) is 14.9 Å². The molecule has 0 unspecified atom stereocenters. The van der Waals surface area contributed by atoms with Crippen molar-refractivity contribution >= 4 is 23.1 Å². The minimum atomic E-state index is 0. The Bertz CT molecular complexity index is 13.7. The topological polar surface area (TPSA) is 0 Å². The van der Waals surface area contributed by atoms with E-state index >= 15 is 0 Å². The van der Waals surface area contributed by atoms with E-state index in [9.17, 15) is 0 Å². The van der Waals surface area contributed by atoms with Crippen LogP contribution in [0.4, 0.5) is 0 Å². The Hall–Kier alpha value is 1.81. The van der Waals surface area contributed by atoms with Gasteiger partial charge in [-0.25, -0.2) is 0 Å². The van der Waals surface area contributed by atoms with Crippen LogP contribution >= 0.6 is 0 Å². The largest absolute Gasteiger partial charge is 2.00 e. The van der Waals surface area contributed by atoms with Crippen LogP contribution in [-0.2, 0) is 34.1 Å². The predicted octanol–water partition coefficient (Wildman–Crippen LogP) is 1.11. The van der Waals surface area contributed by atoms with E-state index in [4.69, 9.17) is 0 Å². The van der Waals surface area contributed by atoms with Gasteiger partial charge in [-0.3, -0.25) is 0 Å². The van der Waals surface area contributed by atoms with Gasteiger partial charge in [0.15, 0.2) is 0 Å². The van der Waals surface area contributed by atoms with E-state index in [1.807, 2.05) is 0 Å². The summed E-state index contributed by atoms with van der Waals surface area (Å²) in [6.07, 6.45) is 0. The van der Waals surface area contributed by atoms with Crippen molar-refractivity contribution in [3.8, 4) is 0 Å². The average molecular weight is 170 g/mol. The molecule has 0 saturated carbocycles. The van der Waals surface area contributed by atoms with Gasteiger partial charge >= 0.3 is 23.1 Å². The first-order valence-corrected chi connectivity index (χ1v) is 0. The Kier molecular flexibility index (Phi) is 579. The molecule has 0 aromatic carbocycles. The van der Waals surface area contributed by atoms with Crippen LogP contribution in [0.5, 0.6) is 0 Å². The van der Waals surface area contributed by atoms with Gasteiger partial charge in [0.05, 0.1) is 0 Å². The summed E-state index contributed by atoms with van der Waals surface area (Å²) in [4.78, 5) is 0. The third kappa shape index (κ3) is 25.8. The molecule has 0 aromatic heterocycles. The fraction of sp³-hybridized carbons (Fsp3) is 1.00. The molecule has 0 amide bonds. The molecule has 36 valence electrons. The molecule has 0 aromatic rings. The Morgan fingerprint density at radius 1 is 0.800 bits per heavy atom. The molecule has 0 spiro atoms. The molecule has 0 saturated heterocycles. The third-order valence-corrected chi connectivity index (χ3v) is 0. The van der Waals surface area contributed by atoms with Gasteiger partial charge in [-0.15, -0.1) is 0 Å². The molecule has 5 heavy (non-hydrogen) atoms. The van der Waals surface area contributed by atoms with Crippen molar-refractivity contribution in [1.82, 2.24) is 0 Å². The summed E-state index contributed by atoms with van der Waals surface area (Å²) >= 11 is 0. The summed E-state index contributed by atoms with van der Waals surface area (Å²) in [5, 5.41) is 0. The van der Waals surface area contributed by atoms with Crippen molar-refractivity contribution in [2.24, 2.45) is 0 Å². The molecule has 0 aliphatic rings. The monoisotopic (exact) mass is 170 g/mol. The summed E-state index contributed by atoms with van der Waals surface area (Å²) in [5.41, 5.74) is 0. The van der Waals surface area contributed by atoms with E-state index in [1.165, 1.54) is 0 Å². The normalized spacial score (nSPS) is 0. The summed E-state index contributed by atoms with van der Waals surface area (Å²) in [7, 11) is 0. The maximum Gasteiger partial charge on any atom is 2.00 e. The molecular formula is C2H10Fe2Mg. The van der Waals surface area contributed by atoms with Crippen molar-refractivity contribution < 1.29 is 37.0 Å². The Balaban J connectivity index is 0. The zero-order valence-corrected chi connectivity index (χ0v) is 5.04. The van der Waals surface area contributed by atoms with Gasteiger partial charge in [0.1, 0.15) is 0 Å². The fourth-order valence-electron chi connectivity index (χ4n) is 0. The van der Waals surface area contributed by atoms with Gasteiger partial charge in [-0.2, -0.15) is 0 Å². The van der Waals surface area contributed by atoms with E-state index in [0.29, 0.717) is 0 Å². The SMILES string of the molecule is C.C.[Fe].[Fe].[H-].[H-].[Mg+2]. The zero-order valence-electron chi connectivity index (χ0n) is 3.41. The molecule has 0 N–H and O–H groups in total. The van der Waals surface area contributed by atoms with E-state index in [1.54, 1.807) is 0 Å². The summed E-state index contributed by atoms with van der Waals surface area (Å²) in [6, 6.07) is 0. The first-order chi connectivity index (χ1) is 0. The molecule has 0 atom stereocenters. The fourth-order valence-corrected chi connectivity index (χ4v) is 0. The molecule has 0 aliphatic carbocycles. The molecule has 0 bridgehead atoms. The molecule has 0 radical (unpaired) electrons. The zero-order chi connectivity index (χ0) is 0. The number of hydrogen-bond acceptors (Lipinski definition) is 0. The van der Waals surface area contributed by atoms with Crippen LogP contribution in [0.15, 0.2) is 0 Å². The third-order valence-electron chi connectivity index (χ3n) is 0. The maximum absolute atomic E-state index is 0. The first-order valence-electron chi connectivity index (χ1n) is 0. The quantitative estimate of drug-likeness (QED) is 0.478. The van der Waals surface area contributed by atoms with E-state index < -0.39 is 0 Å². The Morgan fingerprint density at radius 2 is 0.800 bits per heavy atom. The Labute approximate surface area is 74.5 Å². The molecule has 3 heteroatoms. The molecule has 0 aliphatic heterocycles. The number of rotatable bonds is 0. The van der Waals surface area contributed by atoms with Crippen LogP contribution in [0.1, 0.15) is 17.7 Å². The van der Waals surface area contributed by atoms with Crippen LogP contribution in [0, 0.1) is 0 Å². The molecule has 0 nitrogen and oxygen atoms in total. The van der Waals surface area contributed by atoms with Gasteiger partial charge in [0.25, 0.3) is 0 Å². The van der Waals surface area contributed by atoms with Crippen LogP contribution in [-0.4, -0.2) is 23.1 Å². The van der Waals surface area contributed by atoms with Crippen molar-refractivity contribution in [1.29, 1.82) is 0 Å². The average Bonchev–Trinajstić information content (AvgIpc) is 0. The van der Waals surface area contributed by atoms with Crippen molar-refractivity contribution in [3.63, 3.8) is 0 Å². The van der Waals surface area contributed by atoms with Gasteiger partial charge in [-0.05, 0) is 0 Å². The first kappa shape index (κ1) is 70.4. The van der Waals surface area contributed by atoms with Crippen LogP contribution in [0.3, 0.4) is 0 Å². The van der Waals surface area contributed by atoms with Crippen LogP contribution in [0.2, 0.25) is 0 Å². The minimum Gasteiger partial charge on any atom is -1.00 e. The van der Waals surface area contributed by atoms with Gasteiger partial charge in [0.2, 0.25) is 0 Å². The van der Waals surface area contributed by atoms with Crippen LogP contribution in [0.25, 0.3) is 0 Å². The van der Waals surface area contributed by atoms with E-state index in [0.717, 1.165) is 0 Å². The second kappa shape index (κ2) is 41.1. The maximum atomic E-state index is 0. The second-order valence-corrected chi connectivity index (χ2v) is 0. The van der Waals surface area contributed by atoms with Crippen molar-refractivity contribution in [3.05, 3.63) is 0 Å². The van der Waals surface area contributed by atoms with E-state index in [-0.39, 0.29) is 74.9 Å². The predicted molar refractivity (Wildman–Crippen MR) is 21.4 cm³/mol. The minimum absolute atomic E-state index is 0. The summed E-state index contributed by atoms with van der Waals surface area (Å²) in [6.45, 7) is 0. The second-order valence-electron chi connectivity index (χ2n) is 0. The summed E-state index contributed by atoms with van der Waals surface area (Å²) in [5.74, 6) is 0. The smallest absolute Gasteiger partial charge is 1.00 e. The standard InChI is InChI=1S/2CH4.2Fe.Mg.2H/h2*1H4;;;;;/q;;;;+2;2*-1. The summed E-state index contributed by atoms with van der Waals surface area (Å²) < 4.78 is 0. The molecular weight excluding hydrogens is 160 g/mol.